The van der Waals surface area contributed by atoms with Gasteiger partial charge in [-0.05, 0) is 11.1 Å². The molecule has 1 aromatic carbocycles. The van der Waals surface area contributed by atoms with Gasteiger partial charge in [-0.3, -0.25) is 0 Å². The Balaban J connectivity index is 0.000000325. The summed E-state index contributed by atoms with van der Waals surface area (Å²) in [7, 11) is 0. The van der Waals surface area contributed by atoms with Crippen LogP contribution in [0.25, 0.3) is 0 Å². The van der Waals surface area contributed by atoms with Crippen molar-refractivity contribution < 1.29 is 14.9 Å². The fraction of sp³-hybridized carbons (Fsp3) is 0.286. The molecular formula is C14H20O3. The van der Waals surface area contributed by atoms with Crippen molar-refractivity contribution >= 4 is 0 Å². The topological polar surface area (TPSA) is 49.7 Å². The van der Waals surface area contributed by atoms with Gasteiger partial charge in [-0.25, -0.2) is 0 Å². The summed E-state index contributed by atoms with van der Waals surface area (Å²) >= 11 is 0. The Morgan fingerprint density at radius 1 is 0.941 bits per heavy atom. The van der Waals surface area contributed by atoms with Crippen LogP contribution < -0.4 is 0 Å². The number of benzene rings is 1. The summed E-state index contributed by atoms with van der Waals surface area (Å²) in [6.07, 6.45) is 3.42. The van der Waals surface area contributed by atoms with Gasteiger partial charge in [0.1, 0.15) is 0 Å². The van der Waals surface area contributed by atoms with E-state index in [-0.39, 0.29) is 13.2 Å². The smallest absolute Gasteiger partial charge is 0.0685 e. The van der Waals surface area contributed by atoms with Crippen LogP contribution in [-0.2, 0) is 18.0 Å². The molecule has 0 aliphatic carbocycles. The van der Waals surface area contributed by atoms with Crippen LogP contribution in [0.3, 0.4) is 0 Å². The van der Waals surface area contributed by atoms with Crippen molar-refractivity contribution in [1.82, 2.24) is 0 Å². The molecule has 2 N–H and O–H groups in total. The third-order valence-corrected chi connectivity index (χ3v) is 1.93. The maximum atomic E-state index is 8.74. The van der Waals surface area contributed by atoms with Gasteiger partial charge in [-0.15, -0.1) is 13.2 Å². The lowest BCUT2D eigenvalue weighted by Gasteiger charge is -2.01. The molecule has 0 spiro atoms. The molecule has 0 aliphatic heterocycles. The predicted octanol–water partition coefficient (Wildman–Crippen LogP) is 2.05. The van der Waals surface area contributed by atoms with Crippen molar-refractivity contribution in [3.05, 3.63) is 60.7 Å². The minimum Gasteiger partial charge on any atom is -0.392 e. The number of rotatable bonds is 6. The van der Waals surface area contributed by atoms with Crippen molar-refractivity contribution in [2.75, 3.05) is 13.2 Å². The lowest BCUT2D eigenvalue weighted by Crippen LogP contribution is -1.91. The van der Waals surface area contributed by atoms with Gasteiger partial charge in [0, 0.05) is 0 Å². The van der Waals surface area contributed by atoms with Crippen LogP contribution in [0.1, 0.15) is 11.1 Å². The normalized spacial score (nSPS) is 9.06. The van der Waals surface area contributed by atoms with Gasteiger partial charge < -0.3 is 14.9 Å². The molecule has 3 heteroatoms. The van der Waals surface area contributed by atoms with Gasteiger partial charge in [0.2, 0.25) is 0 Å². The van der Waals surface area contributed by atoms with E-state index in [9.17, 15) is 0 Å². The van der Waals surface area contributed by atoms with Gasteiger partial charge in [0.15, 0.2) is 0 Å². The SMILES string of the molecule is C=CCOCC=C.OCc1ccccc1CO. The number of hydrogen-bond donors (Lipinski definition) is 2. The molecule has 17 heavy (non-hydrogen) atoms. The lowest BCUT2D eigenvalue weighted by atomic mass is 10.1. The molecule has 0 saturated carbocycles. The minimum atomic E-state index is -0.00324. The van der Waals surface area contributed by atoms with E-state index in [1.165, 1.54) is 0 Å². The van der Waals surface area contributed by atoms with Crippen LogP contribution in [0.2, 0.25) is 0 Å². The Morgan fingerprint density at radius 3 is 1.65 bits per heavy atom. The summed E-state index contributed by atoms with van der Waals surface area (Å²) in [6, 6.07) is 7.27. The van der Waals surface area contributed by atoms with Crippen LogP contribution in [0.5, 0.6) is 0 Å². The lowest BCUT2D eigenvalue weighted by molar-refractivity contribution is 0.194. The quantitative estimate of drug-likeness (QED) is 0.587. The highest BCUT2D eigenvalue weighted by Crippen LogP contribution is 2.07. The highest BCUT2D eigenvalue weighted by atomic mass is 16.5. The average molecular weight is 236 g/mol. The Kier molecular flexibility index (Phi) is 10.2. The summed E-state index contributed by atoms with van der Waals surface area (Å²) < 4.78 is 4.90. The molecule has 0 aliphatic rings. The molecule has 0 saturated heterocycles. The molecule has 0 radical (unpaired) electrons. The zero-order valence-electron chi connectivity index (χ0n) is 10.0. The molecule has 0 atom stereocenters. The monoisotopic (exact) mass is 236 g/mol. The first kappa shape index (κ1) is 15.6. The molecular weight excluding hydrogens is 216 g/mol. The van der Waals surface area contributed by atoms with Gasteiger partial charge in [-0.1, -0.05) is 36.4 Å². The molecule has 1 rings (SSSR count). The number of aliphatic hydroxyl groups excluding tert-OH is 2. The third kappa shape index (κ3) is 7.47. The van der Waals surface area contributed by atoms with E-state index in [2.05, 4.69) is 13.2 Å². The van der Waals surface area contributed by atoms with Crippen LogP contribution in [-0.4, -0.2) is 23.4 Å². The van der Waals surface area contributed by atoms with Gasteiger partial charge in [0.05, 0.1) is 26.4 Å². The molecule has 3 nitrogen and oxygen atoms in total. The maximum Gasteiger partial charge on any atom is 0.0685 e. The van der Waals surface area contributed by atoms with Crippen LogP contribution in [0.15, 0.2) is 49.6 Å². The standard InChI is InChI=1S/C8H10O2.C6H10O/c9-5-7-3-1-2-4-8(7)6-10;1-3-5-7-6-4-2/h1-4,9-10H,5-6H2;3-4H,1-2,5-6H2. The molecule has 0 amide bonds. The molecule has 0 bridgehead atoms. The first-order valence-electron chi connectivity index (χ1n) is 5.38. The van der Waals surface area contributed by atoms with E-state index >= 15 is 0 Å². The van der Waals surface area contributed by atoms with Gasteiger partial charge >= 0.3 is 0 Å². The van der Waals surface area contributed by atoms with Crippen LogP contribution in [0.4, 0.5) is 0 Å². The number of hydrogen-bond acceptors (Lipinski definition) is 3. The summed E-state index contributed by atoms with van der Waals surface area (Å²) in [4.78, 5) is 0. The second-order valence-electron chi connectivity index (χ2n) is 3.20. The maximum absolute atomic E-state index is 8.74. The fourth-order valence-corrected chi connectivity index (χ4v) is 1.10. The van der Waals surface area contributed by atoms with E-state index in [0.29, 0.717) is 13.2 Å². The van der Waals surface area contributed by atoms with Crippen molar-refractivity contribution in [3.8, 4) is 0 Å². The first-order valence-corrected chi connectivity index (χ1v) is 5.38. The Labute approximate surface area is 103 Å². The van der Waals surface area contributed by atoms with Crippen molar-refractivity contribution in [3.63, 3.8) is 0 Å². The third-order valence-electron chi connectivity index (χ3n) is 1.93. The zero-order valence-corrected chi connectivity index (χ0v) is 10.0. The largest absolute Gasteiger partial charge is 0.392 e. The highest BCUT2D eigenvalue weighted by molar-refractivity contribution is 5.25. The average Bonchev–Trinajstić information content (AvgIpc) is 2.40. The first-order chi connectivity index (χ1) is 8.29. The number of ether oxygens (including phenoxy) is 1. The van der Waals surface area contributed by atoms with E-state index < -0.39 is 0 Å². The second kappa shape index (κ2) is 11.1. The summed E-state index contributed by atoms with van der Waals surface area (Å²) in [6.45, 7) is 8.17. The van der Waals surface area contributed by atoms with Crippen LogP contribution >= 0.6 is 0 Å². The van der Waals surface area contributed by atoms with Gasteiger partial charge in [-0.2, -0.15) is 0 Å². The summed E-state index contributed by atoms with van der Waals surface area (Å²) in [5.41, 5.74) is 1.59. The summed E-state index contributed by atoms with van der Waals surface area (Å²) in [5, 5.41) is 17.5. The molecule has 0 fully saturated rings. The second-order valence-corrected chi connectivity index (χ2v) is 3.20. The van der Waals surface area contributed by atoms with Gasteiger partial charge in [0.25, 0.3) is 0 Å². The van der Waals surface area contributed by atoms with E-state index in [1.54, 1.807) is 24.3 Å². The van der Waals surface area contributed by atoms with E-state index in [4.69, 9.17) is 14.9 Å². The van der Waals surface area contributed by atoms with Crippen molar-refractivity contribution in [1.29, 1.82) is 0 Å². The molecule has 0 unspecified atom stereocenters. The Hall–Kier alpha value is -1.42. The molecule has 0 aromatic heterocycles. The number of aliphatic hydroxyl groups is 2. The van der Waals surface area contributed by atoms with E-state index in [0.717, 1.165) is 11.1 Å². The predicted molar refractivity (Wildman–Crippen MR) is 69.5 cm³/mol. The van der Waals surface area contributed by atoms with Crippen molar-refractivity contribution in [2.45, 2.75) is 13.2 Å². The Bertz CT molecular complexity index is 290. The minimum absolute atomic E-state index is 0.00324. The zero-order chi connectivity index (χ0) is 12.9. The molecule has 0 heterocycles. The summed E-state index contributed by atoms with van der Waals surface area (Å²) in [5.74, 6) is 0. The molecule has 94 valence electrons. The Morgan fingerprint density at radius 2 is 1.35 bits per heavy atom. The fourth-order valence-electron chi connectivity index (χ4n) is 1.10. The van der Waals surface area contributed by atoms with E-state index in [1.807, 2.05) is 12.1 Å². The highest BCUT2D eigenvalue weighted by Gasteiger charge is 1.95. The van der Waals surface area contributed by atoms with Crippen molar-refractivity contribution in [2.24, 2.45) is 0 Å². The van der Waals surface area contributed by atoms with Crippen LogP contribution in [0, 0.1) is 0 Å². The molecule has 1 aromatic rings.